The number of rotatable bonds is 3. The molecule has 1 saturated heterocycles. The zero-order chi connectivity index (χ0) is 14.5. The van der Waals surface area contributed by atoms with E-state index in [2.05, 4.69) is 9.97 Å². The second kappa shape index (κ2) is 4.28. The summed E-state index contributed by atoms with van der Waals surface area (Å²) in [5.41, 5.74) is -0.372. The summed E-state index contributed by atoms with van der Waals surface area (Å²) in [6.45, 7) is 4.05. The molecule has 2 N–H and O–H groups in total. The number of β-amino-alcohol motifs (C(OH)–C–C–N with tert-alkyl or cyclic N) is 1. The lowest BCUT2D eigenvalue weighted by Crippen LogP contribution is -2.65. The number of hydrogen-bond acceptors (Lipinski definition) is 4. The van der Waals surface area contributed by atoms with E-state index in [-0.39, 0.29) is 23.9 Å². The van der Waals surface area contributed by atoms with Crippen LogP contribution in [0.5, 0.6) is 0 Å². The summed E-state index contributed by atoms with van der Waals surface area (Å²) in [5, 5.41) is 10.8. The number of hydrogen-bond donors (Lipinski definition) is 2. The van der Waals surface area contributed by atoms with Crippen molar-refractivity contribution < 1.29 is 13.5 Å². The molecule has 1 aliphatic heterocycles. The largest absolute Gasteiger partial charge is 0.387 e. The molecule has 0 aromatic carbocycles. The average molecular weight is 295 g/mol. The van der Waals surface area contributed by atoms with Crippen LogP contribution in [-0.4, -0.2) is 46.5 Å². The number of aromatic amines is 1. The van der Waals surface area contributed by atoms with Crippen molar-refractivity contribution in [1.29, 1.82) is 0 Å². The molecule has 3 heterocycles. The SMILES string of the molecule is CC(C)C1(O)CN(S(=O)(=O)c2c[nH]c3ncccc23)C1. The normalized spacial score (nSPS) is 19.4. The van der Waals surface area contributed by atoms with E-state index in [1.807, 2.05) is 13.8 Å². The molecule has 0 unspecified atom stereocenters. The number of sulfonamides is 1. The summed E-state index contributed by atoms with van der Waals surface area (Å²) in [4.78, 5) is 7.16. The van der Waals surface area contributed by atoms with Crippen molar-refractivity contribution in [2.75, 3.05) is 13.1 Å². The number of aliphatic hydroxyl groups is 1. The molecular formula is C13H17N3O3S. The molecule has 1 aliphatic rings. The molecule has 2 aromatic heterocycles. The highest BCUT2D eigenvalue weighted by Crippen LogP contribution is 2.34. The smallest absolute Gasteiger partial charge is 0.245 e. The minimum atomic E-state index is -3.59. The third-order valence-corrected chi connectivity index (χ3v) is 5.84. The van der Waals surface area contributed by atoms with Gasteiger partial charge < -0.3 is 10.1 Å². The lowest BCUT2D eigenvalue weighted by Gasteiger charge is -2.47. The lowest BCUT2D eigenvalue weighted by molar-refractivity contribution is -0.0932. The van der Waals surface area contributed by atoms with Gasteiger partial charge in [-0.3, -0.25) is 0 Å². The van der Waals surface area contributed by atoms with Gasteiger partial charge in [-0.1, -0.05) is 13.8 Å². The van der Waals surface area contributed by atoms with Crippen LogP contribution in [0.4, 0.5) is 0 Å². The summed E-state index contributed by atoms with van der Waals surface area (Å²) < 4.78 is 26.4. The predicted molar refractivity (Wildman–Crippen MR) is 74.6 cm³/mol. The molecular weight excluding hydrogens is 278 g/mol. The van der Waals surface area contributed by atoms with Crippen molar-refractivity contribution in [2.24, 2.45) is 5.92 Å². The van der Waals surface area contributed by atoms with Crippen molar-refractivity contribution in [1.82, 2.24) is 14.3 Å². The van der Waals surface area contributed by atoms with Crippen LogP contribution in [0, 0.1) is 5.92 Å². The van der Waals surface area contributed by atoms with Gasteiger partial charge in [0.2, 0.25) is 10.0 Å². The number of aromatic nitrogens is 2. The first-order chi connectivity index (χ1) is 9.34. The first kappa shape index (κ1) is 13.5. The minimum absolute atomic E-state index is 0.0265. The Balaban J connectivity index is 1.95. The zero-order valence-corrected chi connectivity index (χ0v) is 12.2. The Kier molecular flexibility index (Phi) is 2.89. The van der Waals surface area contributed by atoms with Crippen LogP contribution in [0.25, 0.3) is 11.0 Å². The first-order valence-corrected chi connectivity index (χ1v) is 7.93. The molecule has 6 nitrogen and oxygen atoms in total. The van der Waals surface area contributed by atoms with E-state index in [9.17, 15) is 13.5 Å². The summed E-state index contributed by atoms with van der Waals surface area (Å²) in [7, 11) is -3.59. The van der Waals surface area contributed by atoms with E-state index in [0.717, 1.165) is 0 Å². The van der Waals surface area contributed by atoms with E-state index in [4.69, 9.17) is 0 Å². The van der Waals surface area contributed by atoms with Crippen LogP contribution < -0.4 is 0 Å². The molecule has 20 heavy (non-hydrogen) atoms. The molecule has 0 atom stereocenters. The van der Waals surface area contributed by atoms with Gasteiger partial charge in [0.05, 0.1) is 5.60 Å². The summed E-state index contributed by atoms with van der Waals surface area (Å²) in [6.07, 6.45) is 3.07. The molecule has 3 rings (SSSR count). The second-order valence-electron chi connectivity index (χ2n) is 5.58. The minimum Gasteiger partial charge on any atom is -0.387 e. The van der Waals surface area contributed by atoms with Gasteiger partial charge in [0.1, 0.15) is 10.5 Å². The predicted octanol–water partition coefficient (Wildman–Crippen LogP) is 0.954. The molecule has 0 bridgehead atoms. The van der Waals surface area contributed by atoms with Crippen LogP contribution in [0.15, 0.2) is 29.4 Å². The van der Waals surface area contributed by atoms with Gasteiger partial charge in [0.25, 0.3) is 0 Å². The van der Waals surface area contributed by atoms with Gasteiger partial charge in [-0.2, -0.15) is 4.31 Å². The summed E-state index contributed by atoms with van der Waals surface area (Å²) in [5.74, 6) is 0.0265. The van der Waals surface area contributed by atoms with E-state index in [1.165, 1.54) is 10.5 Å². The fraction of sp³-hybridized carbons (Fsp3) is 0.462. The molecule has 0 radical (unpaired) electrons. The Morgan fingerprint density at radius 3 is 2.80 bits per heavy atom. The molecule has 0 spiro atoms. The van der Waals surface area contributed by atoms with E-state index in [1.54, 1.807) is 18.3 Å². The third kappa shape index (κ3) is 1.85. The van der Waals surface area contributed by atoms with Crippen molar-refractivity contribution in [3.8, 4) is 0 Å². The molecule has 0 aliphatic carbocycles. The lowest BCUT2D eigenvalue weighted by atomic mass is 9.85. The standard InChI is InChI=1S/C13H17N3O3S/c1-9(2)13(17)7-16(8-13)20(18,19)11-6-15-12-10(11)4-3-5-14-12/h3-6,9,17H,7-8H2,1-2H3,(H,14,15). The summed E-state index contributed by atoms with van der Waals surface area (Å²) in [6, 6.07) is 3.43. The number of pyridine rings is 1. The van der Waals surface area contributed by atoms with Crippen LogP contribution >= 0.6 is 0 Å². The van der Waals surface area contributed by atoms with Crippen molar-refractivity contribution in [2.45, 2.75) is 24.3 Å². The molecule has 0 amide bonds. The van der Waals surface area contributed by atoms with E-state index in [0.29, 0.717) is 11.0 Å². The zero-order valence-electron chi connectivity index (χ0n) is 11.4. The van der Waals surface area contributed by atoms with Crippen LogP contribution in [0.1, 0.15) is 13.8 Å². The maximum atomic E-state index is 12.6. The van der Waals surface area contributed by atoms with E-state index >= 15 is 0 Å². The van der Waals surface area contributed by atoms with Gasteiger partial charge in [-0.05, 0) is 18.1 Å². The highest BCUT2D eigenvalue weighted by molar-refractivity contribution is 7.89. The maximum absolute atomic E-state index is 12.6. The molecule has 1 fully saturated rings. The van der Waals surface area contributed by atoms with Crippen LogP contribution in [0.2, 0.25) is 0 Å². The highest BCUT2D eigenvalue weighted by Gasteiger charge is 2.49. The molecule has 2 aromatic rings. The van der Waals surface area contributed by atoms with Gasteiger partial charge in [0, 0.05) is 30.9 Å². The van der Waals surface area contributed by atoms with Gasteiger partial charge in [0.15, 0.2) is 0 Å². The van der Waals surface area contributed by atoms with Gasteiger partial charge in [-0.25, -0.2) is 13.4 Å². The highest BCUT2D eigenvalue weighted by atomic mass is 32.2. The monoisotopic (exact) mass is 295 g/mol. The topological polar surface area (TPSA) is 86.3 Å². The third-order valence-electron chi connectivity index (χ3n) is 4.01. The van der Waals surface area contributed by atoms with Crippen LogP contribution in [0.3, 0.4) is 0 Å². The first-order valence-electron chi connectivity index (χ1n) is 6.49. The Bertz CT molecular complexity index is 745. The van der Waals surface area contributed by atoms with Crippen molar-refractivity contribution in [3.05, 3.63) is 24.5 Å². The number of fused-ring (bicyclic) bond motifs is 1. The Labute approximate surface area is 117 Å². The molecule has 7 heteroatoms. The summed E-state index contributed by atoms with van der Waals surface area (Å²) >= 11 is 0. The number of nitrogens with one attached hydrogen (secondary N) is 1. The fourth-order valence-corrected chi connectivity index (χ4v) is 4.10. The quantitative estimate of drug-likeness (QED) is 0.883. The Hall–Kier alpha value is -1.44. The average Bonchev–Trinajstić information content (AvgIpc) is 2.79. The van der Waals surface area contributed by atoms with E-state index < -0.39 is 15.6 Å². The second-order valence-corrected chi connectivity index (χ2v) is 7.49. The van der Waals surface area contributed by atoms with Gasteiger partial charge in [-0.15, -0.1) is 0 Å². The van der Waals surface area contributed by atoms with Crippen LogP contribution in [-0.2, 0) is 10.0 Å². The fourth-order valence-electron chi connectivity index (χ4n) is 2.38. The molecule has 108 valence electrons. The molecule has 0 saturated carbocycles. The maximum Gasteiger partial charge on any atom is 0.245 e. The Morgan fingerprint density at radius 1 is 1.45 bits per heavy atom. The number of H-pyrrole nitrogens is 1. The van der Waals surface area contributed by atoms with Crippen molar-refractivity contribution >= 4 is 21.1 Å². The number of nitrogens with zero attached hydrogens (tertiary/aromatic N) is 2. The Morgan fingerprint density at radius 2 is 2.15 bits per heavy atom. The van der Waals surface area contributed by atoms with Gasteiger partial charge >= 0.3 is 0 Å². The van der Waals surface area contributed by atoms with Crippen molar-refractivity contribution in [3.63, 3.8) is 0 Å².